The quantitative estimate of drug-likeness (QED) is 0.645. The van der Waals surface area contributed by atoms with E-state index in [1.54, 1.807) is 12.1 Å². The first kappa shape index (κ1) is 22.6. The van der Waals surface area contributed by atoms with Crippen LogP contribution in [-0.4, -0.2) is 37.5 Å². The number of rotatable bonds is 8. The topological polar surface area (TPSA) is 111 Å². The summed E-state index contributed by atoms with van der Waals surface area (Å²) in [5.41, 5.74) is 3.40. The van der Waals surface area contributed by atoms with Crippen LogP contribution >= 0.6 is 0 Å². The molecule has 0 heterocycles. The van der Waals surface area contributed by atoms with Gasteiger partial charge < -0.3 is 20.1 Å². The van der Waals surface area contributed by atoms with Crippen molar-refractivity contribution in [2.24, 2.45) is 0 Å². The summed E-state index contributed by atoms with van der Waals surface area (Å²) in [6.45, 7) is 3.35. The zero-order valence-electron chi connectivity index (χ0n) is 17.1. The van der Waals surface area contributed by atoms with Crippen molar-refractivity contribution in [1.82, 2.24) is 0 Å². The van der Waals surface area contributed by atoms with Crippen molar-refractivity contribution in [3.63, 3.8) is 0 Å². The highest BCUT2D eigenvalue weighted by molar-refractivity contribution is 5.95. The standard InChI is InChI=1S/C22H24N2O6/c1-14-4-5-15(2)18(12-14)24-20(26)13-30-21(27)11-10-19(25)23-17-8-6-16(7-9-17)22(28)29-3/h4-9,12H,10-11,13H2,1-3H3,(H,23,25)(H,24,26). The molecule has 0 atom stereocenters. The second kappa shape index (κ2) is 10.8. The second-order valence-electron chi connectivity index (χ2n) is 6.64. The molecule has 0 bridgehead atoms. The summed E-state index contributed by atoms with van der Waals surface area (Å²) in [6.07, 6.45) is -0.265. The van der Waals surface area contributed by atoms with Gasteiger partial charge in [0.15, 0.2) is 6.61 Å². The highest BCUT2D eigenvalue weighted by Gasteiger charge is 2.12. The summed E-state index contributed by atoms with van der Waals surface area (Å²) in [5.74, 6) is -1.97. The molecular formula is C22H24N2O6. The molecule has 8 heteroatoms. The lowest BCUT2D eigenvalue weighted by Gasteiger charge is -2.10. The number of methoxy groups -OCH3 is 1. The first-order valence-electron chi connectivity index (χ1n) is 9.29. The zero-order chi connectivity index (χ0) is 22.1. The van der Waals surface area contributed by atoms with Crippen LogP contribution in [0.3, 0.4) is 0 Å². The highest BCUT2D eigenvalue weighted by atomic mass is 16.5. The summed E-state index contributed by atoms with van der Waals surface area (Å²) in [6, 6.07) is 11.8. The summed E-state index contributed by atoms with van der Waals surface area (Å²) < 4.78 is 9.52. The third-order valence-electron chi connectivity index (χ3n) is 4.18. The van der Waals surface area contributed by atoms with Crippen molar-refractivity contribution in [1.29, 1.82) is 0 Å². The van der Waals surface area contributed by atoms with E-state index in [0.29, 0.717) is 16.9 Å². The van der Waals surface area contributed by atoms with Gasteiger partial charge in [-0.3, -0.25) is 14.4 Å². The lowest BCUT2D eigenvalue weighted by molar-refractivity contribution is -0.147. The van der Waals surface area contributed by atoms with Gasteiger partial charge in [0.1, 0.15) is 0 Å². The largest absolute Gasteiger partial charge is 0.465 e. The first-order chi connectivity index (χ1) is 14.3. The number of carbonyl (C=O) groups excluding carboxylic acids is 4. The molecule has 0 radical (unpaired) electrons. The van der Waals surface area contributed by atoms with Crippen molar-refractivity contribution in [2.45, 2.75) is 26.7 Å². The van der Waals surface area contributed by atoms with Crippen LogP contribution in [0.1, 0.15) is 34.3 Å². The number of esters is 2. The molecule has 158 valence electrons. The Kier molecular flexibility index (Phi) is 8.10. The second-order valence-corrected chi connectivity index (χ2v) is 6.64. The lowest BCUT2D eigenvalue weighted by Crippen LogP contribution is -2.22. The van der Waals surface area contributed by atoms with Gasteiger partial charge in [-0.2, -0.15) is 0 Å². The van der Waals surface area contributed by atoms with Crippen LogP contribution < -0.4 is 10.6 Å². The van der Waals surface area contributed by atoms with Gasteiger partial charge in [0.25, 0.3) is 5.91 Å². The molecule has 2 amide bonds. The van der Waals surface area contributed by atoms with Gasteiger partial charge in [-0.15, -0.1) is 0 Å². The predicted molar refractivity (Wildman–Crippen MR) is 111 cm³/mol. The monoisotopic (exact) mass is 412 g/mol. The molecule has 2 N–H and O–H groups in total. The number of ether oxygens (including phenoxy) is 2. The van der Waals surface area contributed by atoms with Crippen LogP contribution in [0.25, 0.3) is 0 Å². The zero-order valence-corrected chi connectivity index (χ0v) is 17.1. The van der Waals surface area contributed by atoms with E-state index in [2.05, 4.69) is 15.4 Å². The van der Waals surface area contributed by atoms with Crippen molar-refractivity contribution in [3.8, 4) is 0 Å². The van der Waals surface area contributed by atoms with Crippen LogP contribution in [0.4, 0.5) is 11.4 Å². The molecule has 0 aliphatic rings. The average Bonchev–Trinajstić information content (AvgIpc) is 2.73. The maximum Gasteiger partial charge on any atom is 0.337 e. The number of nitrogens with one attached hydrogen (secondary N) is 2. The highest BCUT2D eigenvalue weighted by Crippen LogP contribution is 2.16. The van der Waals surface area contributed by atoms with Gasteiger partial charge in [-0.25, -0.2) is 4.79 Å². The van der Waals surface area contributed by atoms with Crippen molar-refractivity contribution < 1.29 is 28.7 Å². The molecule has 2 aromatic rings. The Morgan fingerprint density at radius 3 is 2.23 bits per heavy atom. The number of aryl methyl sites for hydroxylation is 2. The molecule has 2 rings (SSSR count). The number of amides is 2. The van der Waals surface area contributed by atoms with E-state index in [-0.39, 0.29) is 12.8 Å². The molecule has 0 aromatic heterocycles. The maximum atomic E-state index is 12.0. The predicted octanol–water partition coefficient (Wildman–Crippen LogP) is 2.99. The lowest BCUT2D eigenvalue weighted by atomic mass is 10.1. The Morgan fingerprint density at radius 1 is 0.867 bits per heavy atom. The van der Waals surface area contributed by atoms with Crippen LogP contribution in [0, 0.1) is 13.8 Å². The van der Waals surface area contributed by atoms with E-state index in [1.807, 2.05) is 32.0 Å². The number of benzene rings is 2. The molecule has 0 saturated heterocycles. The first-order valence-corrected chi connectivity index (χ1v) is 9.29. The van der Waals surface area contributed by atoms with Crippen LogP contribution in [-0.2, 0) is 23.9 Å². The Morgan fingerprint density at radius 2 is 1.57 bits per heavy atom. The fraction of sp³-hybridized carbons (Fsp3) is 0.273. The van der Waals surface area contributed by atoms with Gasteiger partial charge in [-0.1, -0.05) is 12.1 Å². The summed E-state index contributed by atoms with van der Waals surface area (Å²) >= 11 is 0. The van der Waals surface area contributed by atoms with Gasteiger partial charge in [0, 0.05) is 17.8 Å². The van der Waals surface area contributed by atoms with Gasteiger partial charge in [0.05, 0.1) is 19.1 Å². The SMILES string of the molecule is COC(=O)c1ccc(NC(=O)CCC(=O)OCC(=O)Nc2cc(C)ccc2C)cc1. The van der Waals surface area contributed by atoms with E-state index in [9.17, 15) is 19.2 Å². The van der Waals surface area contributed by atoms with Crippen LogP contribution in [0.15, 0.2) is 42.5 Å². The van der Waals surface area contributed by atoms with Gasteiger partial charge >= 0.3 is 11.9 Å². The van der Waals surface area contributed by atoms with Crippen molar-refractivity contribution in [2.75, 3.05) is 24.4 Å². The summed E-state index contributed by atoms with van der Waals surface area (Å²) in [5, 5.41) is 5.30. The maximum absolute atomic E-state index is 12.0. The van der Waals surface area contributed by atoms with E-state index >= 15 is 0 Å². The van der Waals surface area contributed by atoms with Gasteiger partial charge in [0.2, 0.25) is 5.91 Å². The molecule has 0 aliphatic heterocycles. The number of hydrogen-bond acceptors (Lipinski definition) is 6. The average molecular weight is 412 g/mol. The summed E-state index contributed by atoms with van der Waals surface area (Å²) in [7, 11) is 1.28. The van der Waals surface area contributed by atoms with Crippen molar-refractivity contribution >= 4 is 35.1 Å². The molecule has 0 aliphatic carbocycles. The third kappa shape index (κ3) is 7.05. The van der Waals surface area contributed by atoms with Crippen LogP contribution in [0.2, 0.25) is 0 Å². The minimum absolute atomic E-state index is 0.101. The minimum atomic E-state index is -0.651. The van der Waals surface area contributed by atoms with E-state index in [4.69, 9.17) is 4.74 Å². The molecule has 0 saturated carbocycles. The third-order valence-corrected chi connectivity index (χ3v) is 4.18. The molecule has 8 nitrogen and oxygen atoms in total. The minimum Gasteiger partial charge on any atom is -0.465 e. The molecule has 2 aromatic carbocycles. The van der Waals surface area contributed by atoms with Crippen LogP contribution in [0.5, 0.6) is 0 Å². The molecule has 0 fully saturated rings. The number of carbonyl (C=O) groups is 4. The Hall–Kier alpha value is -3.68. The number of hydrogen-bond donors (Lipinski definition) is 2. The van der Waals surface area contributed by atoms with E-state index in [1.165, 1.54) is 19.2 Å². The van der Waals surface area contributed by atoms with E-state index < -0.39 is 30.4 Å². The Bertz CT molecular complexity index is 937. The van der Waals surface area contributed by atoms with E-state index in [0.717, 1.165) is 11.1 Å². The molecule has 0 unspecified atom stereocenters. The number of anilines is 2. The molecule has 30 heavy (non-hydrogen) atoms. The Labute approximate surface area is 174 Å². The normalized spacial score (nSPS) is 10.1. The smallest absolute Gasteiger partial charge is 0.337 e. The van der Waals surface area contributed by atoms with Gasteiger partial charge in [-0.05, 0) is 55.3 Å². The van der Waals surface area contributed by atoms with Crippen molar-refractivity contribution in [3.05, 3.63) is 59.2 Å². The molecule has 0 spiro atoms. The summed E-state index contributed by atoms with van der Waals surface area (Å²) in [4.78, 5) is 47.1. The Balaban J connectivity index is 1.72. The molecular weight excluding hydrogens is 388 g/mol. The fourth-order valence-electron chi connectivity index (χ4n) is 2.52. The fourth-order valence-corrected chi connectivity index (χ4v) is 2.52.